The molecule has 0 aromatic rings. The highest BCUT2D eigenvalue weighted by Crippen LogP contribution is 2.24. The van der Waals surface area contributed by atoms with Gasteiger partial charge in [0.2, 0.25) is 0 Å². The molecule has 3 aliphatic heterocycles. The van der Waals surface area contributed by atoms with Gasteiger partial charge in [-0.2, -0.15) is 34.1 Å². The smallest absolute Gasteiger partial charge is 0.195 e. The summed E-state index contributed by atoms with van der Waals surface area (Å²) in [6.45, 7) is 7.49. The molecular weight excluding hydrogens is 376 g/mol. The van der Waals surface area contributed by atoms with Gasteiger partial charge < -0.3 is 0 Å². The monoisotopic (exact) mass is 408 g/mol. The molecule has 0 aromatic heterocycles. The van der Waals surface area contributed by atoms with Crippen LogP contribution >= 0.6 is 0 Å². The van der Waals surface area contributed by atoms with Crippen LogP contribution in [-0.4, -0.2) is 86.4 Å². The molecule has 0 aliphatic carbocycles. The van der Waals surface area contributed by atoms with E-state index in [0.717, 1.165) is 25.7 Å². The Morgan fingerprint density at radius 2 is 0.731 bits per heavy atom. The van der Waals surface area contributed by atoms with Crippen molar-refractivity contribution in [2.45, 2.75) is 39.5 Å². The molecular formula is C16H32N4O4S2. The summed E-state index contributed by atoms with van der Waals surface area (Å²) in [6.07, 6.45) is 3.56. The maximum atomic E-state index is 12.8. The van der Waals surface area contributed by atoms with E-state index in [1.807, 2.05) is 0 Å². The van der Waals surface area contributed by atoms with Crippen LogP contribution in [0.1, 0.15) is 39.5 Å². The molecule has 0 unspecified atom stereocenters. The first-order valence-corrected chi connectivity index (χ1v) is 12.5. The average Bonchev–Trinajstić information content (AvgIpc) is 2.62. The Morgan fingerprint density at radius 3 is 1.00 bits per heavy atom. The fourth-order valence-corrected chi connectivity index (χ4v) is 7.14. The second kappa shape index (κ2) is 8.00. The molecule has 3 rings (SSSR count). The predicted molar refractivity (Wildman–Crippen MR) is 101 cm³/mol. The van der Waals surface area contributed by atoms with Gasteiger partial charge in [0.25, 0.3) is 20.4 Å². The zero-order valence-electron chi connectivity index (χ0n) is 15.9. The number of rotatable bonds is 4. The second-order valence-corrected chi connectivity index (χ2v) is 11.8. The molecule has 26 heavy (non-hydrogen) atoms. The number of hydrogen-bond acceptors (Lipinski definition) is 4. The maximum absolute atomic E-state index is 12.8. The van der Waals surface area contributed by atoms with E-state index in [0.29, 0.717) is 38.0 Å². The van der Waals surface area contributed by atoms with Gasteiger partial charge in [-0.15, -0.1) is 0 Å². The minimum absolute atomic E-state index is 0.234. The van der Waals surface area contributed by atoms with Crippen LogP contribution in [-0.2, 0) is 20.4 Å². The van der Waals surface area contributed by atoms with Crippen molar-refractivity contribution in [3.05, 3.63) is 0 Å². The van der Waals surface area contributed by atoms with E-state index >= 15 is 0 Å². The molecule has 0 radical (unpaired) electrons. The van der Waals surface area contributed by atoms with Crippen molar-refractivity contribution in [2.24, 2.45) is 11.8 Å². The molecule has 3 aliphatic rings. The van der Waals surface area contributed by atoms with E-state index in [9.17, 15) is 16.8 Å². The normalized spacial score (nSPS) is 27.8. The largest absolute Gasteiger partial charge is 0.282 e. The number of piperidine rings is 2. The molecule has 0 saturated carbocycles. The molecule has 3 saturated heterocycles. The molecule has 3 fully saturated rings. The van der Waals surface area contributed by atoms with E-state index in [1.165, 1.54) is 8.61 Å². The number of nitrogens with zero attached hydrogens (tertiary/aromatic N) is 4. The lowest BCUT2D eigenvalue weighted by Crippen LogP contribution is -2.57. The second-order valence-electron chi connectivity index (χ2n) is 7.98. The predicted octanol–water partition coefficient (Wildman–Crippen LogP) is 0.557. The molecule has 10 heteroatoms. The van der Waals surface area contributed by atoms with Gasteiger partial charge in [-0.1, -0.05) is 13.8 Å². The Balaban J connectivity index is 1.58. The van der Waals surface area contributed by atoms with Crippen molar-refractivity contribution < 1.29 is 16.8 Å². The Kier molecular flexibility index (Phi) is 6.30. The molecule has 8 nitrogen and oxygen atoms in total. The topological polar surface area (TPSA) is 81.2 Å². The van der Waals surface area contributed by atoms with Crippen molar-refractivity contribution in [1.82, 2.24) is 17.2 Å². The van der Waals surface area contributed by atoms with Crippen LogP contribution in [0.2, 0.25) is 0 Å². The molecule has 0 atom stereocenters. The fraction of sp³-hybridized carbons (Fsp3) is 1.00. The lowest BCUT2D eigenvalue weighted by atomic mass is 10.0. The van der Waals surface area contributed by atoms with Crippen molar-refractivity contribution in [3.8, 4) is 0 Å². The third-order valence-corrected chi connectivity index (χ3v) is 10.1. The van der Waals surface area contributed by atoms with E-state index in [4.69, 9.17) is 0 Å². The van der Waals surface area contributed by atoms with Gasteiger partial charge >= 0.3 is 0 Å². The molecule has 0 bridgehead atoms. The summed E-state index contributed by atoms with van der Waals surface area (Å²) in [7, 11) is -6.96. The molecule has 0 aromatic carbocycles. The summed E-state index contributed by atoms with van der Waals surface area (Å²) in [6, 6.07) is 0. The highest BCUT2D eigenvalue weighted by atomic mass is 32.2. The first kappa shape index (κ1) is 20.5. The molecule has 3 heterocycles. The zero-order valence-corrected chi connectivity index (χ0v) is 17.5. The van der Waals surface area contributed by atoms with Gasteiger partial charge in [-0.05, 0) is 37.5 Å². The van der Waals surface area contributed by atoms with Gasteiger partial charge in [0, 0.05) is 52.4 Å². The first-order valence-electron chi connectivity index (χ1n) is 9.71. The highest BCUT2D eigenvalue weighted by Gasteiger charge is 2.38. The molecule has 152 valence electrons. The van der Waals surface area contributed by atoms with Gasteiger partial charge in [0.15, 0.2) is 0 Å². The molecule has 0 amide bonds. The van der Waals surface area contributed by atoms with Crippen LogP contribution in [0.4, 0.5) is 0 Å². The minimum atomic E-state index is -3.48. The molecule has 0 spiro atoms. The lowest BCUT2D eigenvalue weighted by molar-refractivity contribution is 0.215. The standard InChI is InChI=1S/C16H32N4O4S2/c1-15-3-7-17(8-4-15)25(21,22)19-11-13-20(14-12-19)26(23,24)18-9-5-16(2)6-10-18/h15-16H,3-14H2,1-2H3. The summed E-state index contributed by atoms with van der Waals surface area (Å²) < 4.78 is 57.3. The van der Waals surface area contributed by atoms with Crippen LogP contribution in [0.3, 0.4) is 0 Å². The Bertz CT molecular complexity index is 613. The Hall–Kier alpha value is -0.260. The summed E-state index contributed by atoms with van der Waals surface area (Å²) >= 11 is 0. The van der Waals surface area contributed by atoms with Crippen LogP contribution in [0, 0.1) is 11.8 Å². The quantitative estimate of drug-likeness (QED) is 0.681. The fourth-order valence-electron chi connectivity index (χ4n) is 3.89. The lowest BCUT2D eigenvalue weighted by Gasteiger charge is -2.40. The molecule has 0 N–H and O–H groups in total. The number of hydrogen-bond donors (Lipinski definition) is 0. The third-order valence-electron chi connectivity index (χ3n) is 5.99. The average molecular weight is 409 g/mol. The van der Waals surface area contributed by atoms with Crippen LogP contribution in [0.25, 0.3) is 0 Å². The van der Waals surface area contributed by atoms with Gasteiger partial charge in [-0.25, -0.2) is 0 Å². The Labute approximate surface area is 158 Å². The van der Waals surface area contributed by atoms with Gasteiger partial charge in [0.05, 0.1) is 0 Å². The summed E-state index contributed by atoms with van der Waals surface area (Å²) in [5, 5.41) is 0. The SMILES string of the molecule is CC1CCN(S(=O)(=O)N2CCN(S(=O)(=O)N3CCC(C)CC3)CC2)CC1. The van der Waals surface area contributed by atoms with Crippen molar-refractivity contribution in [1.29, 1.82) is 0 Å². The van der Waals surface area contributed by atoms with E-state index in [-0.39, 0.29) is 26.2 Å². The van der Waals surface area contributed by atoms with Crippen LogP contribution in [0.5, 0.6) is 0 Å². The highest BCUT2D eigenvalue weighted by molar-refractivity contribution is 7.87. The van der Waals surface area contributed by atoms with Crippen molar-refractivity contribution in [3.63, 3.8) is 0 Å². The maximum Gasteiger partial charge on any atom is 0.282 e. The van der Waals surface area contributed by atoms with Crippen molar-refractivity contribution >= 4 is 20.4 Å². The number of piperazine rings is 1. The van der Waals surface area contributed by atoms with E-state index in [1.54, 1.807) is 8.61 Å². The van der Waals surface area contributed by atoms with Gasteiger partial charge in [0.1, 0.15) is 0 Å². The summed E-state index contributed by atoms with van der Waals surface area (Å²) in [4.78, 5) is 0. The van der Waals surface area contributed by atoms with E-state index in [2.05, 4.69) is 13.8 Å². The van der Waals surface area contributed by atoms with Crippen molar-refractivity contribution in [2.75, 3.05) is 52.4 Å². The zero-order chi connectivity index (χ0) is 18.9. The summed E-state index contributed by atoms with van der Waals surface area (Å²) in [5.41, 5.74) is 0. The minimum Gasteiger partial charge on any atom is -0.195 e. The first-order chi connectivity index (χ1) is 12.2. The summed E-state index contributed by atoms with van der Waals surface area (Å²) in [5.74, 6) is 1.13. The van der Waals surface area contributed by atoms with Gasteiger partial charge in [-0.3, -0.25) is 0 Å². The van der Waals surface area contributed by atoms with Crippen LogP contribution < -0.4 is 0 Å². The third kappa shape index (κ3) is 4.25. The van der Waals surface area contributed by atoms with Crippen LogP contribution in [0.15, 0.2) is 0 Å². The van der Waals surface area contributed by atoms with E-state index < -0.39 is 20.4 Å². The Morgan fingerprint density at radius 1 is 0.500 bits per heavy atom.